The van der Waals surface area contributed by atoms with Gasteiger partial charge in [-0.05, 0) is 48.6 Å². The predicted octanol–water partition coefficient (Wildman–Crippen LogP) is 3.38. The molecule has 2 aromatic rings. The molecule has 1 amide bonds. The Kier molecular flexibility index (Phi) is 6.60. The highest BCUT2D eigenvalue weighted by Crippen LogP contribution is 2.18. The van der Waals surface area contributed by atoms with Crippen LogP contribution in [-0.2, 0) is 4.79 Å². The number of ether oxygens (including phenoxy) is 1. The number of nitrogens with one attached hydrogen (secondary N) is 3. The van der Waals surface area contributed by atoms with Crippen molar-refractivity contribution in [2.75, 3.05) is 12.4 Å². The van der Waals surface area contributed by atoms with E-state index in [-0.39, 0.29) is 11.0 Å². The van der Waals surface area contributed by atoms with Crippen LogP contribution < -0.4 is 20.9 Å². The van der Waals surface area contributed by atoms with Crippen LogP contribution in [0.3, 0.4) is 0 Å². The Morgan fingerprint density at radius 3 is 2.54 bits per heavy atom. The lowest BCUT2D eigenvalue weighted by Gasteiger charge is -2.10. The van der Waals surface area contributed by atoms with E-state index in [4.69, 9.17) is 28.6 Å². The first kappa shape index (κ1) is 17.8. The Bertz CT molecular complexity index is 748. The molecule has 0 aliphatic heterocycles. The molecule has 7 heteroatoms. The minimum absolute atomic E-state index is 0.261. The van der Waals surface area contributed by atoms with Crippen LogP contribution in [0.15, 0.2) is 54.6 Å². The van der Waals surface area contributed by atoms with Crippen molar-refractivity contribution in [2.24, 2.45) is 0 Å². The molecule has 2 rings (SSSR count). The second-order valence-corrected chi connectivity index (χ2v) is 5.50. The molecule has 0 aliphatic rings. The average Bonchev–Trinajstić information content (AvgIpc) is 2.60. The van der Waals surface area contributed by atoms with E-state index >= 15 is 0 Å². The molecule has 0 atom stereocenters. The van der Waals surface area contributed by atoms with Gasteiger partial charge in [0.05, 0.1) is 7.11 Å². The van der Waals surface area contributed by atoms with Gasteiger partial charge in [0.2, 0.25) is 0 Å². The van der Waals surface area contributed by atoms with Gasteiger partial charge < -0.3 is 10.1 Å². The summed E-state index contributed by atoms with van der Waals surface area (Å²) in [6.45, 7) is 0. The summed E-state index contributed by atoms with van der Waals surface area (Å²) in [4.78, 5) is 11.8. The zero-order chi connectivity index (χ0) is 17.4. The van der Waals surface area contributed by atoms with Crippen LogP contribution >= 0.6 is 23.8 Å². The highest BCUT2D eigenvalue weighted by Gasteiger charge is 2.01. The maximum absolute atomic E-state index is 11.8. The highest BCUT2D eigenvalue weighted by atomic mass is 35.5. The van der Waals surface area contributed by atoms with Gasteiger partial charge in [0.25, 0.3) is 5.91 Å². The number of rotatable bonds is 4. The third-order valence-electron chi connectivity index (χ3n) is 2.95. The summed E-state index contributed by atoms with van der Waals surface area (Å²) in [6, 6.07) is 14.4. The molecule has 0 fully saturated rings. The van der Waals surface area contributed by atoms with E-state index in [1.807, 2.05) is 24.3 Å². The normalized spacial score (nSPS) is 10.2. The molecule has 0 aliphatic carbocycles. The van der Waals surface area contributed by atoms with E-state index in [1.165, 1.54) is 6.08 Å². The zero-order valence-electron chi connectivity index (χ0n) is 12.9. The fourth-order valence-corrected chi connectivity index (χ4v) is 2.12. The molecule has 0 bridgehead atoms. The first-order valence-electron chi connectivity index (χ1n) is 7.02. The van der Waals surface area contributed by atoms with E-state index in [0.29, 0.717) is 10.8 Å². The lowest BCUT2D eigenvalue weighted by atomic mass is 10.2. The second kappa shape index (κ2) is 8.90. The minimum atomic E-state index is -0.346. The standard InChI is InChI=1S/C17H16ClN3O2S/c1-23-15-5-3-2-4-12(15)6-11-16(22)20-21-17(24)19-14-9-7-13(18)8-10-14/h2-11H,1H3,(H,20,22)(H2,19,21,24)/b11-6+. The number of anilines is 1. The van der Waals surface area contributed by atoms with Gasteiger partial charge >= 0.3 is 0 Å². The predicted molar refractivity (Wildman–Crippen MR) is 101 cm³/mol. The van der Waals surface area contributed by atoms with Crippen LogP contribution in [0.1, 0.15) is 5.56 Å². The van der Waals surface area contributed by atoms with Gasteiger partial charge in [0, 0.05) is 22.3 Å². The Balaban J connectivity index is 1.83. The molecule has 0 aromatic heterocycles. The number of thiocarbonyl (C=S) groups is 1. The van der Waals surface area contributed by atoms with Crippen LogP contribution in [-0.4, -0.2) is 18.1 Å². The summed E-state index contributed by atoms with van der Waals surface area (Å²) in [5.74, 6) is 0.343. The summed E-state index contributed by atoms with van der Waals surface area (Å²) in [5, 5.41) is 3.81. The molecule has 124 valence electrons. The molecule has 0 radical (unpaired) electrons. The SMILES string of the molecule is COc1ccccc1/C=C/C(=O)NNC(=S)Nc1ccc(Cl)cc1. The summed E-state index contributed by atoms with van der Waals surface area (Å²) in [6.07, 6.45) is 3.04. The Morgan fingerprint density at radius 1 is 1.12 bits per heavy atom. The van der Waals surface area contributed by atoms with Crippen LogP contribution in [0.25, 0.3) is 6.08 Å². The Labute approximate surface area is 150 Å². The van der Waals surface area contributed by atoms with Crippen molar-refractivity contribution < 1.29 is 9.53 Å². The number of hydrazine groups is 1. The van der Waals surface area contributed by atoms with Gasteiger partial charge in [-0.2, -0.15) is 0 Å². The van der Waals surface area contributed by atoms with Crippen LogP contribution in [0.2, 0.25) is 5.02 Å². The molecule has 0 heterocycles. The van der Waals surface area contributed by atoms with Crippen molar-refractivity contribution in [1.29, 1.82) is 0 Å². The Hall–Kier alpha value is -2.57. The largest absolute Gasteiger partial charge is 0.496 e. The zero-order valence-corrected chi connectivity index (χ0v) is 14.4. The number of amides is 1. The molecule has 0 saturated carbocycles. The van der Waals surface area contributed by atoms with E-state index < -0.39 is 0 Å². The Morgan fingerprint density at radius 2 is 1.83 bits per heavy atom. The maximum Gasteiger partial charge on any atom is 0.262 e. The third-order valence-corrected chi connectivity index (χ3v) is 3.41. The fourth-order valence-electron chi connectivity index (χ4n) is 1.83. The number of hydrogen-bond acceptors (Lipinski definition) is 3. The van der Waals surface area contributed by atoms with Crippen molar-refractivity contribution in [3.8, 4) is 5.75 Å². The van der Waals surface area contributed by atoms with Gasteiger partial charge in [-0.1, -0.05) is 29.8 Å². The first-order chi connectivity index (χ1) is 11.6. The molecular weight excluding hydrogens is 346 g/mol. The summed E-state index contributed by atoms with van der Waals surface area (Å²) in [7, 11) is 1.58. The van der Waals surface area contributed by atoms with Crippen molar-refractivity contribution in [3.63, 3.8) is 0 Å². The quantitative estimate of drug-likeness (QED) is 0.442. The van der Waals surface area contributed by atoms with E-state index in [1.54, 1.807) is 37.5 Å². The van der Waals surface area contributed by atoms with Gasteiger partial charge in [-0.3, -0.25) is 15.6 Å². The van der Waals surface area contributed by atoms with E-state index in [9.17, 15) is 4.79 Å². The molecule has 0 spiro atoms. The van der Waals surface area contributed by atoms with Gasteiger partial charge in [0.15, 0.2) is 5.11 Å². The number of hydrogen-bond donors (Lipinski definition) is 3. The molecule has 5 nitrogen and oxygen atoms in total. The number of carbonyl (C=O) groups excluding carboxylic acids is 1. The topological polar surface area (TPSA) is 62.4 Å². The molecule has 0 saturated heterocycles. The molecule has 2 aromatic carbocycles. The van der Waals surface area contributed by atoms with Gasteiger partial charge in [-0.25, -0.2) is 0 Å². The number of carbonyl (C=O) groups is 1. The first-order valence-corrected chi connectivity index (χ1v) is 7.81. The van der Waals surface area contributed by atoms with E-state index in [2.05, 4.69) is 16.2 Å². The monoisotopic (exact) mass is 361 g/mol. The third kappa shape index (κ3) is 5.57. The number of methoxy groups -OCH3 is 1. The van der Waals surface area contributed by atoms with Crippen LogP contribution in [0.5, 0.6) is 5.75 Å². The molecule has 0 unspecified atom stereocenters. The van der Waals surface area contributed by atoms with Crippen molar-refractivity contribution in [3.05, 3.63) is 65.2 Å². The van der Waals surface area contributed by atoms with Crippen molar-refractivity contribution >= 4 is 46.6 Å². The number of para-hydroxylation sites is 1. The molecular formula is C17H16ClN3O2S. The highest BCUT2D eigenvalue weighted by molar-refractivity contribution is 7.80. The summed E-state index contributed by atoms with van der Waals surface area (Å²) < 4.78 is 5.21. The van der Waals surface area contributed by atoms with Crippen molar-refractivity contribution in [1.82, 2.24) is 10.9 Å². The van der Waals surface area contributed by atoms with Crippen LogP contribution in [0.4, 0.5) is 5.69 Å². The summed E-state index contributed by atoms with van der Waals surface area (Å²) >= 11 is 10.9. The van der Waals surface area contributed by atoms with Crippen LogP contribution in [0, 0.1) is 0 Å². The minimum Gasteiger partial charge on any atom is -0.496 e. The average molecular weight is 362 g/mol. The summed E-state index contributed by atoms with van der Waals surface area (Å²) in [5.41, 5.74) is 6.65. The van der Waals surface area contributed by atoms with Crippen molar-refractivity contribution in [2.45, 2.75) is 0 Å². The second-order valence-electron chi connectivity index (χ2n) is 4.65. The number of benzene rings is 2. The molecule has 24 heavy (non-hydrogen) atoms. The lowest BCUT2D eigenvalue weighted by Crippen LogP contribution is -2.43. The fraction of sp³-hybridized carbons (Fsp3) is 0.0588. The maximum atomic E-state index is 11.8. The van der Waals surface area contributed by atoms with Gasteiger partial charge in [0.1, 0.15) is 5.75 Å². The smallest absolute Gasteiger partial charge is 0.262 e. The lowest BCUT2D eigenvalue weighted by molar-refractivity contribution is -0.116. The van der Waals surface area contributed by atoms with E-state index in [0.717, 1.165) is 11.3 Å². The number of halogens is 1. The van der Waals surface area contributed by atoms with Gasteiger partial charge in [-0.15, -0.1) is 0 Å². The molecule has 3 N–H and O–H groups in total.